The molecule has 23 heavy (non-hydrogen) atoms. The minimum Gasteiger partial charge on any atom is -0.268 e. The van der Waals surface area contributed by atoms with Gasteiger partial charge in [0.2, 0.25) is 8.46 Å². The molecule has 1 heterocycles. The Hall–Kier alpha value is -1.53. The zero-order valence-corrected chi connectivity index (χ0v) is 15.7. The van der Waals surface area contributed by atoms with Crippen molar-refractivity contribution in [2.75, 3.05) is 0 Å². The Balaban J connectivity index is 2.20. The molecule has 0 saturated heterocycles. The van der Waals surface area contributed by atoms with Gasteiger partial charge < -0.3 is 0 Å². The molecule has 0 atom stereocenters. The smallest absolute Gasteiger partial charge is 0.212 e. The quantitative estimate of drug-likeness (QED) is 0.705. The van der Waals surface area contributed by atoms with Gasteiger partial charge in [-0.1, -0.05) is 59.7 Å². The highest BCUT2D eigenvalue weighted by Crippen LogP contribution is 2.61. The highest BCUT2D eigenvalue weighted by atomic mass is 31.1. The molecule has 2 aromatic rings. The Bertz CT molecular complexity index is 790. The largest absolute Gasteiger partial charge is 0.268 e. The average molecular weight is 325 g/mol. The first kappa shape index (κ1) is 16.3. The van der Waals surface area contributed by atoms with E-state index in [1.54, 1.807) is 6.07 Å². The molecule has 120 valence electrons. The van der Waals surface area contributed by atoms with Crippen molar-refractivity contribution in [3.05, 3.63) is 47.5 Å². The maximum Gasteiger partial charge on any atom is 0.212 e. The topological polar surface area (TPSA) is 30.0 Å². The van der Waals surface area contributed by atoms with E-state index in [2.05, 4.69) is 64.7 Å². The first-order chi connectivity index (χ1) is 10.6. The van der Waals surface area contributed by atoms with Crippen LogP contribution in [0.4, 0.5) is 0 Å². The molecule has 0 aliphatic heterocycles. The number of hydrogen-bond donors (Lipinski definition) is 0. The maximum absolute atomic E-state index is 11.1. The average Bonchev–Trinajstić information content (AvgIpc) is 2.63. The summed E-state index contributed by atoms with van der Waals surface area (Å²) in [5, 5.41) is 0. The van der Waals surface area contributed by atoms with Crippen LogP contribution in [0.1, 0.15) is 52.7 Å². The zero-order valence-electron chi connectivity index (χ0n) is 14.8. The van der Waals surface area contributed by atoms with Crippen LogP contribution in [0.25, 0.3) is 11.3 Å². The normalized spacial score (nSPS) is 20.4. The molecule has 1 aromatic heterocycles. The van der Waals surface area contributed by atoms with E-state index in [0.717, 1.165) is 11.3 Å². The van der Waals surface area contributed by atoms with Crippen LogP contribution in [-0.2, 0) is 15.4 Å². The molecule has 1 aliphatic carbocycles. The van der Waals surface area contributed by atoms with Crippen molar-refractivity contribution in [3.8, 4) is 11.3 Å². The van der Waals surface area contributed by atoms with Crippen LogP contribution in [0.3, 0.4) is 0 Å². The summed E-state index contributed by atoms with van der Waals surface area (Å²) in [5.41, 5.74) is 5.73. The summed E-state index contributed by atoms with van der Waals surface area (Å²) in [6, 6.07) is 12.3. The predicted octanol–water partition coefficient (Wildman–Crippen LogP) is 5.26. The van der Waals surface area contributed by atoms with E-state index in [-0.39, 0.29) is 24.7 Å². The molecule has 1 aliphatic rings. The third-order valence-electron chi connectivity index (χ3n) is 6.61. The van der Waals surface area contributed by atoms with E-state index < -0.39 is 0 Å². The fraction of sp³-hybridized carbons (Fsp3) is 0.450. The van der Waals surface area contributed by atoms with Gasteiger partial charge in [-0.2, -0.15) is 0 Å². The Kier molecular flexibility index (Phi) is 3.54. The molecule has 2 nitrogen and oxygen atoms in total. The molecule has 3 rings (SSSR count). The first-order valence-corrected chi connectivity index (χ1v) is 8.90. The third-order valence-corrected chi connectivity index (χ3v) is 7.05. The molecule has 1 aromatic carbocycles. The fourth-order valence-electron chi connectivity index (χ4n) is 3.86. The second-order valence-electron chi connectivity index (χ2n) is 8.11. The van der Waals surface area contributed by atoms with Crippen LogP contribution in [0, 0.1) is 5.41 Å². The SMILES string of the molecule is CC1(C)c2ccc(-c3cccc(P=O)n3)cc2C(C)(C)C1(C)C. The lowest BCUT2D eigenvalue weighted by molar-refractivity contribution is 0.125. The summed E-state index contributed by atoms with van der Waals surface area (Å²) in [6.07, 6.45) is 0. The molecule has 0 fully saturated rings. The number of fused-ring (bicyclic) bond motifs is 1. The number of nitrogens with zero attached hydrogens (tertiary/aromatic N) is 1. The Morgan fingerprint density at radius 1 is 0.870 bits per heavy atom. The molecule has 0 amide bonds. The summed E-state index contributed by atoms with van der Waals surface area (Å²) in [4.78, 5) is 4.48. The van der Waals surface area contributed by atoms with Gasteiger partial charge in [0.05, 0.1) is 5.69 Å². The Morgan fingerprint density at radius 2 is 1.52 bits per heavy atom. The summed E-state index contributed by atoms with van der Waals surface area (Å²) < 4.78 is 11.1. The second kappa shape index (κ2) is 4.98. The number of benzene rings is 1. The highest BCUT2D eigenvalue weighted by Gasteiger charge is 2.56. The van der Waals surface area contributed by atoms with Gasteiger partial charge in [-0.15, -0.1) is 0 Å². The predicted molar refractivity (Wildman–Crippen MR) is 96.7 cm³/mol. The van der Waals surface area contributed by atoms with Gasteiger partial charge in [-0.25, -0.2) is 4.98 Å². The fourth-order valence-corrected chi connectivity index (χ4v) is 4.15. The van der Waals surface area contributed by atoms with Crippen molar-refractivity contribution in [2.24, 2.45) is 5.41 Å². The number of pyridine rings is 1. The van der Waals surface area contributed by atoms with Gasteiger partial charge in [-0.05, 0) is 45.6 Å². The van der Waals surface area contributed by atoms with Crippen LogP contribution in [0.15, 0.2) is 36.4 Å². The van der Waals surface area contributed by atoms with E-state index in [9.17, 15) is 4.57 Å². The van der Waals surface area contributed by atoms with Crippen LogP contribution in [-0.4, -0.2) is 4.98 Å². The molecule has 0 N–H and O–H groups in total. The molecule has 0 unspecified atom stereocenters. The van der Waals surface area contributed by atoms with Crippen LogP contribution in [0.5, 0.6) is 0 Å². The van der Waals surface area contributed by atoms with Gasteiger partial charge in [0.15, 0.2) is 0 Å². The van der Waals surface area contributed by atoms with Crippen molar-refractivity contribution in [1.29, 1.82) is 0 Å². The Labute approximate surface area is 140 Å². The van der Waals surface area contributed by atoms with Crippen molar-refractivity contribution in [3.63, 3.8) is 0 Å². The van der Waals surface area contributed by atoms with Crippen LogP contribution < -0.4 is 5.44 Å². The molecule has 0 bridgehead atoms. The summed E-state index contributed by atoms with van der Waals surface area (Å²) in [7, 11) is -0.0352. The van der Waals surface area contributed by atoms with Crippen LogP contribution >= 0.6 is 8.46 Å². The molecular weight excluding hydrogens is 301 g/mol. The van der Waals surface area contributed by atoms with E-state index in [1.165, 1.54) is 11.1 Å². The summed E-state index contributed by atoms with van der Waals surface area (Å²) >= 11 is 0. The van der Waals surface area contributed by atoms with Gasteiger partial charge in [0.25, 0.3) is 0 Å². The second-order valence-corrected chi connectivity index (χ2v) is 8.75. The minimum atomic E-state index is -0.0352. The first-order valence-electron chi connectivity index (χ1n) is 8.09. The van der Waals surface area contributed by atoms with Crippen molar-refractivity contribution in [2.45, 2.75) is 52.4 Å². The molecule has 3 heteroatoms. The Morgan fingerprint density at radius 3 is 2.17 bits per heavy atom. The molecule has 0 radical (unpaired) electrons. The zero-order chi connectivity index (χ0) is 17.0. The van der Waals surface area contributed by atoms with E-state index in [1.807, 2.05) is 12.1 Å². The summed E-state index contributed by atoms with van der Waals surface area (Å²) in [5.74, 6) is 0. The molecule has 0 saturated carbocycles. The van der Waals surface area contributed by atoms with Crippen molar-refractivity contribution < 1.29 is 4.57 Å². The van der Waals surface area contributed by atoms with E-state index in [0.29, 0.717) is 5.44 Å². The minimum absolute atomic E-state index is 0.0352. The number of aromatic nitrogens is 1. The van der Waals surface area contributed by atoms with Gasteiger partial charge in [0.1, 0.15) is 5.44 Å². The highest BCUT2D eigenvalue weighted by molar-refractivity contribution is 7.33. The van der Waals surface area contributed by atoms with Crippen molar-refractivity contribution in [1.82, 2.24) is 4.98 Å². The third kappa shape index (κ3) is 2.11. The lowest BCUT2D eigenvalue weighted by Crippen LogP contribution is -2.42. The molecule has 0 spiro atoms. The lowest BCUT2D eigenvalue weighted by Gasteiger charge is -2.44. The van der Waals surface area contributed by atoms with Gasteiger partial charge in [0, 0.05) is 5.56 Å². The monoisotopic (exact) mass is 325 g/mol. The number of rotatable bonds is 2. The van der Waals surface area contributed by atoms with Crippen LogP contribution in [0.2, 0.25) is 0 Å². The summed E-state index contributed by atoms with van der Waals surface area (Å²) in [6.45, 7) is 14.1. The van der Waals surface area contributed by atoms with Gasteiger partial charge in [-0.3, -0.25) is 4.57 Å². The van der Waals surface area contributed by atoms with Crippen molar-refractivity contribution >= 4 is 13.9 Å². The molecular formula is C20H24NOP. The number of hydrogen-bond acceptors (Lipinski definition) is 2. The van der Waals surface area contributed by atoms with E-state index in [4.69, 9.17) is 0 Å². The lowest BCUT2D eigenvalue weighted by atomic mass is 9.59. The van der Waals surface area contributed by atoms with E-state index >= 15 is 0 Å². The maximum atomic E-state index is 11.1. The van der Waals surface area contributed by atoms with Gasteiger partial charge >= 0.3 is 0 Å². The standard InChI is InChI=1S/C20H24NOP/c1-18(2)14-11-10-13(16-8-7-9-17(21-16)23-22)12-15(14)19(3,4)20(18,5)6/h7-12H,1-6H3.